The summed E-state index contributed by atoms with van der Waals surface area (Å²) in [4.78, 5) is 46.9. The van der Waals surface area contributed by atoms with Crippen molar-refractivity contribution in [1.82, 2.24) is 29.5 Å². The van der Waals surface area contributed by atoms with Gasteiger partial charge >= 0.3 is 5.69 Å². The largest absolute Gasteiger partial charge is 0.345 e. The van der Waals surface area contributed by atoms with E-state index >= 15 is 0 Å². The summed E-state index contributed by atoms with van der Waals surface area (Å²) in [5.41, 5.74) is 1.99. The molecule has 2 amide bonds. The third kappa shape index (κ3) is 5.52. The number of carbonyl (C=O) groups is 2. The Morgan fingerprint density at radius 2 is 1.76 bits per heavy atom. The number of amides is 2. The van der Waals surface area contributed by atoms with Gasteiger partial charge in [-0.25, -0.2) is 4.79 Å². The monoisotopic (exact) mass is 400 g/mol. The van der Waals surface area contributed by atoms with Crippen molar-refractivity contribution in [3.63, 3.8) is 0 Å². The molecule has 2 aromatic rings. The minimum atomic E-state index is -0.361. The third-order valence-corrected chi connectivity index (χ3v) is 5.36. The van der Waals surface area contributed by atoms with Crippen LogP contribution in [0.25, 0.3) is 0 Å². The Kier molecular flexibility index (Phi) is 6.79. The predicted molar refractivity (Wildman–Crippen MR) is 107 cm³/mol. The Morgan fingerprint density at radius 3 is 2.38 bits per heavy atom. The molecule has 1 saturated heterocycles. The summed E-state index contributed by atoms with van der Waals surface area (Å²) in [6.45, 7) is 6.62. The fourth-order valence-corrected chi connectivity index (χ4v) is 3.73. The van der Waals surface area contributed by atoms with Crippen LogP contribution in [0.15, 0.2) is 23.3 Å². The minimum Gasteiger partial charge on any atom is -0.341 e. The lowest BCUT2D eigenvalue weighted by atomic mass is 10.1. The number of carbonyl (C=O) groups excluding carboxylic acids is 2. The van der Waals surface area contributed by atoms with E-state index in [4.69, 9.17) is 0 Å². The molecule has 9 heteroatoms. The first kappa shape index (κ1) is 20.8. The fraction of sp³-hybridized carbons (Fsp3) is 0.550. The highest BCUT2D eigenvalue weighted by atomic mass is 16.2. The Balaban J connectivity index is 1.49. The van der Waals surface area contributed by atoms with E-state index in [0.717, 1.165) is 17.7 Å². The molecule has 0 unspecified atom stereocenters. The molecule has 1 N–H and O–H groups in total. The average molecular weight is 400 g/mol. The van der Waals surface area contributed by atoms with Gasteiger partial charge < -0.3 is 14.8 Å². The molecule has 1 aliphatic heterocycles. The Labute approximate surface area is 169 Å². The Bertz CT molecular complexity index is 879. The van der Waals surface area contributed by atoms with Crippen LogP contribution >= 0.6 is 0 Å². The molecule has 0 bridgehead atoms. The van der Waals surface area contributed by atoms with Crippen molar-refractivity contribution in [2.24, 2.45) is 0 Å². The molecule has 1 aliphatic rings. The topological polar surface area (TPSA) is 104 Å². The van der Waals surface area contributed by atoms with Crippen molar-refractivity contribution in [3.8, 4) is 0 Å². The smallest absolute Gasteiger partial charge is 0.341 e. The van der Waals surface area contributed by atoms with E-state index in [2.05, 4.69) is 15.1 Å². The average Bonchev–Trinajstić information content (AvgIpc) is 3.07. The summed E-state index contributed by atoms with van der Waals surface area (Å²) in [5, 5.41) is 4.12. The van der Waals surface area contributed by atoms with Crippen LogP contribution in [0.1, 0.15) is 36.2 Å². The van der Waals surface area contributed by atoms with Crippen LogP contribution in [0.5, 0.6) is 0 Å². The first-order chi connectivity index (χ1) is 13.9. The van der Waals surface area contributed by atoms with Crippen molar-refractivity contribution in [3.05, 3.63) is 45.9 Å². The van der Waals surface area contributed by atoms with Crippen LogP contribution in [0, 0.1) is 13.8 Å². The van der Waals surface area contributed by atoms with Gasteiger partial charge in [0.05, 0.1) is 0 Å². The first-order valence-corrected chi connectivity index (χ1v) is 10.0. The number of rotatable bonds is 6. The molecule has 2 aromatic heterocycles. The maximum absolute atomic E-state index is 12.7. The maximum Gasteiger partial charge on any atom is 0.345 e. The van der Waals surface area contributed by atoms with Crippen molar-refractivity contribution >= 4 is 11.8 Å². The lowest BCUT2D eigenvalue weighted by Crippen LogP contribution is -2.37. The number of aromatic amines is 1. The van der Waals surface area contributed by atoms with Crippen LogP contribution in [0.4, 0.5) is 0 Å². The number of aromatic nitrogens is 4. The number of nitrogens with one attached hydrogen (secondary N) is 1. The van der Waals surface area contributed by atoms with Gasteiger partial charge in [0.1, 0.15) is 0 Å². The quantitative estimate of drug-likeness (QED) is 0.767. The number of nitrogens with zero attached hydrogens (tertiary/aromatic N) is 5. The van der Waals surface area contributed by atoms with Crippen LogP contribution in [-0.4, -0.2) is 67.5 Å². The molecule has 0 saturated carbocycles. The van der Waals surface area contributed by atoms with Gasteiger partial charge in [0.25, 0.3) is 0 Å². The van der Waals surface area contributed by atoms with Gasteiger partial charge in [-0.1, -0.05) is 0 Å². The fourth-order valence-electron chi connectivity index (χ4n) is 3.73. The van der Waals surface area contributed by atoms with Gasteiger partial charge in [-0.2, -0.15) is 10.1 Å². The second kappa shape index (κ2) is 9.49. The van der Waals surface area contributed by atoms with E-state index in [9.17, 15) is 14.4 Å². The van der Waals surface area contributed by atoms with Crippen LogP contribution in [-0.2, 0) is 22.6 Å². The summed E-state index contributed by atoms with van der Waals surface area (Å²) in [5.74, 6) is 0.168. The SMILES string of the molecule is Cc1nc(=O)[nH]c(C)c1CCC(=O)N1CCCN(C(=O)CCn2cccn2)CC1. The van der Waals surface area contributed by atoms with E-state index in [1.54, 1.807) is 17.8 Å². The highest BCUT2D eigenvalue weighted by molar-refractivity contribution is 5.78. The van der Waals surface area contributed by atoms with Crippen LogP contribution in [0.2, 0.25) is 0 Å². The molecule has 3 heterocycles. The van der Waals surface area contributed by atoms with Gasteiger partial charge in [-0.05, 0) is 38.3 Å². The van der Waals surface area contributed by atoms with E-state index < -0.39 is 0 Å². The summed E-state index contributed by atoms with van der Waals surface area (Å²) < 4.78 is 1.75. The second-order valence-electron chi connectivity index (χ2n) is 7.37. The summed E-state index contributed by atoms with van der Waals surface area (Å²) in [6, 6.07) is 1.84. The second-order valence-corrected chi connectivity index (χ2v) is 7.37. The molecule has 3 rings (SSSR count). The molecular formula is C20H28N6O3. The lowest BCUT2D eigenvalue weighted by molar-refractivity contribution is -0.133. The van der Waals surface area contributed by atoms with Gasteiger partial charge in [0.2, 0.25) is 11.8 Å². The molecule has 0 aromatic carbocycles. The predicted octanol–water partition coefficient (Wildman–Crippen LogP) is 0.667. The Morgan fingerprint density at radius 1 is 1.07 bits per heavy atom. The Hall–Kier alpha value is -2.97. The third-order valence-electron chi connectivity index (χ3n) is 5.36. The van der Waals surface area contributed by atoms with Crippen LogP contribution in [0.3, 0.4) is 0 Å². The molecule has 0 aliphatic carbocycles. The highest BCUT2D eigenvalue weighted by Crippen LogP contribution is 2.12. The highest BCUT2D eigenvalue weighted by Gasteiger charge is 2.22. The van der Waals surface area contributed by atoms with Crippen LogP contribution < -0.4 is 5.69 Å². The zero-order valence-corrected chi connectivity index (χ0v) is 17.1. The molecule has 1 fully saturated rings. The van der Waals surface area contributed by atoms with Gasteiger partial charge in [-0.15, -0.1) is 0 Å². The van der Waals surface area contributed by atoms with Gasteiger partial charge in [0, 0.05) is 69.3 Å². The zero-order chi connectivity index (χ0) is 20.8. The molecule has 9 nitrogen and oxygen atoms in total. The molecule has 29 heavy (non-hydrogen) atoms. The number of aryl methyl sites for hydroxylation is 3. The summed E-state index contributed by atoms with van der Waals surface area (Å²) in [6.07, 6.45) is 5.64. The molecule has 0 radical (unpaired) electrons. The number of hydrogen-bond donors (Lipinski definition) is 1. The van der Waals surface area contributed by atoms with E-state index in [-0.39, 0.29) is 17.5 Å². The number of H-pyrrole nitrogens is 1. The maximum atomic E-state index is 12.7. The van der Waals surface area contributed by atoms with E-state index in [0.29, 0.717) is 57.7 Å². The van der Waals surface area contributed by atoms with Crippen molar-refractivity contribution in [2.75, 3.05) is 26.2 Å². The van der Waals surface area contributed by atoms with Crippen molar-refractivity contribution < 1.29 is 9.59 Å². The summed E-state index contributed by atoms with van der Waals surface area (Å²) in [7, 11) is 0. The number of hydrogen-bond acceptors (Lipinski definition) is 5. The van der Waals surface area contributed by atoms with E-state index in [1.165, 1.54) is 0 Å². The zero-order valence-electron chi connectivity index (χ0n) is 17.1. The lowest BCUT2D eigenvalue weighted by Gasteiger charge is -2.22. The standard InChI is InChI=1S/C20H28N6O3/c1-15-17(16(2)23-20(29)22-15)5-6-18(27)24-9-4-10-25(14-13-24)19(28)7-12-26-11-3-8-21-26/h3,8,11H,4-7,9-10,12-14H2,1-2H3,(H,22,23,29). The minimum absolute atomic E-state index is 0.0702. The van der Waals surface area contributed by atoms with Gasteiger partial charge in [-0.3, -0.25) is 14.3 Å². The van der Waals surface area contributed by atoms with E-state index in [1.807, 2.05) is 29.0 Å². The molecular weight excluding hydrogens is 372 g/mol. The first-order valence-electron chi connectivity index (χ1n) is 10.0. The molecule has 0 atom stereocenters. The molecule has 0 spiro atoms. The van der Waals surface area contributed by atoms with Crippen molar-refractivity contribution in [2.45, 2.75) is 46.1 Å². The van der Waals surface area contributed by atoms with Gasteiger partial charge in [0.15, 0.2) is 0 Å². The summed E-state index contributed by atoms with van der Waals surface area (Å²) >= 11 is 0. The normalized spacial score (nSPS) is 14.7. The van der Waals surface area contributed by atoms with Crippen molar-refractivity contribution in [1.29, 1.82) is 0 Å². The molecule has 156 valence electrons.